The molecule has 178 valence electrons. The number of nitrogens with zero attached hydrogens (tertiary/aromatic N) is 2. The molecule has 0 spiro atoms. The summed E-state index contributed by atoms with van der Waals surface area (Å²) >= 11 is 12.5. The summed E-state index contributed by atoms with van der Waals surface area (Å²) in [7, 11) is 2.88. The first-order valence-electron chi connectivity index (χ1n) is 9.99. The van der Waals surface area contributed by atoms with E-state index in [1.807, 2.05) is 6.92 Å². The van der Waals surface area contributed by atoms with Gasteiger partial charge in [0.25, 0.3) is 5.91 Å². The first-order chi connectivity index (χ1) is 15.8. The number of ether oxygens (including phenoxy) is 4. The van der Waals surface area contributed by atoms with Gasteiger partial charge >= 0.3 is 0 Å². The Morgan fingerprint density at radius 2 is 1.67 bits per heavy atom. The molecule has 1 unspecified atom stereocenters. The number of ketones is 1. The highest BCUT2D eigenvalue weighted by atomic mass is 35.5. The summed E-state index contributed by atoms with van der Waals surface area (Å²) in [5, 5.41) is 11.1. The summed E-state index contributed by atoms with van der Waals surface area (Å²) in [6, 6.07) is 4.73. The van der Waals surface area contributed by atoms with Crippen LogP contribution >= 0.6 is 23.2 Å². The van der Waals surface area contributed by atoms with Crippen LogP contribution in [0, 0.1) is 0 Å². The number of carbonyl (C=O) groups is 2. The summed E-state index contributed by atoms with van der Waals surface area (Å²) in [6.07, 6.45) is 0. The highest BCUT2D eigenvalue weighted by Gasteiger charge is 2.25. The van der Waals surface area contributed by atoms with Crippen LogP contribution in [0.1, 0.15) is 20.8 Å². The Hall–Kier alpha value is -3.04. The van der Waals surface area contributed by atoms with Crippen molar-refractivity contribution >= 4 is 46.3 Å². The monoisotopic (exact) mass is 497 g/mol. The molecular formula is C22H25Cl2N3O6. The minimum atomic E-state index is -1.44. The number of hydrogen-bond acceptors (Lipinski definition) is 8. The molecular weight excluding hydrogens is 473 g/mol. The smallest absolute Gasteiger partial charge is 0.258 e. The van der Waals surface area contributed by atoms with Crippen molar-refractivity contribution in [3.05, 3.63) is 34.3 Å². The third-order valence-corrected chi connectivity index (χ3v) is 4.94. The Kier molecular flexibility index (Phi) is 9.74. The minimum absolute atomic E-state index is 0.113. The number of azo groups is 1. The van der Waals surface area contributed by atoms with E-state index < -0.39 is 17.7 Å². The van der Waals surface area contributed by atoms with Gasteiger partial charge in [0.05, 0.1) is 38.1 Å². The van der Waals surface area contributed by atoms with Gasteiger partial charge in [-0.05, 0) is 32.9 Å². The summed E-state index contributed by atoms with van der Waals surface area (Å²) in [4.78, 5) is 25.0. The van der Waals surface area contributed by atoms with E-state index in [-0.39, 0.29) is 22.1 Å². The number of halogens is 2. The molecule has 2 rings (SSSR count). The summed E-state index contributed by atoms with van der Waals surface area (Å²) in [5.41, 5.74) is 0.480. The molecule has 0 heterocycles. The maximum Gasteiger partial charge on any atom is 0.258 e. The van der Waals surface area contributed by atoms with Crippen molar-refractivity contribution in [2.24, 2.45) is 10.2 Å². The van der Waals surface area contributed by atoms with E-state index >= 15 is 0 Å². The number of methoxy groups -OCH3 is 2. The number of Topliss-reactive ketones (excluding diaryl/α,β-unsaturated/α-hetero) is 1. The topological polar surface area (TPSA) is 108 Å². The Bertz CT molecular complexity index is 1050. The second-order valence-electron chi connectivity index (χ2n) is 6.50. The van der Waals surface area contributed by atoms with Crippen molar-refractivity contribution in [1.29, 1.82) is 0 Å². The van der Waals surface area contributed by atoms with Crippen molar-refractivity contribution in [1.82, 2.24) is 0 Å². The molecule has 0 aliphatic rings. The molecule has 0 aliphatic carbocycles. The largest absolute Gasteiger partial charge is 0.493 e. The molecule has 2 aromatic carbocycles. The van der Waals surface area contributed by atoms with Crippen LogP contribution in [0.5, 0.6) is 23.0 Å². The molecule has 0 aromatic heterocycles. The molecule has 0 fully saturated rings. The lowest BCUT2D eigenvalue weighted by molar-refractivity contribution is -0.126. The molecule has 1 N–H and O–H groups in total. The number of hydrogen-bond donors (Lipinski definition) is 1. The fourth-order valence-corrected chi connectivity index (χ4v) is 3.25. The van der Waals surface area contributed by atoms with Gasteiger partial charge in [0, 0.05) is 12.1 Å². The number of carbonyl (C=O) groups excluding carboxylic acids is 2. The lowest BCUT2D eigenvalue weighted by atomic mass is 10.2. The molecule has 0 aliphatic heterocycles. The molecule has 11 heteroatoms. The van der Waals surface area contributed by atoms with Crippen molar-refractivity contribution in [3.8, 4) is 23.0 Å². The lowest BCUT2D eigenvalue weighted by Gasteiger charge is -2.15. The van der Waals surface area contributed by atoms with Gasteiger partial charge in [-0.1, -0.05) is 23.2 Å². The van der Waals surface area contributed by atoms with Crippen molar-refractivity contribution in [2.45, 2.75) is 26.8 Å². The van der Waals surface area contributed by atoms with E-state index in [1.165, 1.54) is 39.3 Å². The Morgan fingerprint density at radius 1 is 1.00 bits per heavy atom. The van der Waals surface area contributed by atoms with Gasteiger partial charge in [-0.2, -0.15) is 10.2 Å². The quantitative estimate of drug-likeness (QED) is 0.324. The van der Waals surface area contributed by atoms with Crippen LogP contribution in [0.3, 0.4) is 0 Å². The first-order valence-corrected chi connectivity index (χ1v) is 10.7. The van der Waals surface area contributed by atoms with Gasteiger partial charge in [0.1, 0.15) is 22.2 Å². The second-order valence-corrected chi connectivity index (χ2v) is 7.28. The predicted molar refractivity (Wildman–Crippen MR) is 126 cm³/mol. The molecule has 0 radical (unpaired) electrons. The zero-order valence-electron chi connectivity index (χ0n) is 18.9. The summed E-state index contributed by atoms with van der Waals surface area (Å²) < 4.78 is 21.4. The van der Waals surface area contributed by atoms with Gasteiger partial charge in [-0.25, -0.2) is 0 Å². The SMILES string of the molecule is CCOc1cc(N=NC(C(C)=O)C(=O)Nc2ccc(OC)c(OC)c2Cl)c(OCC)cc1Cl. The average molecular weight is 498 g/mol. The number of anilines is 1. The van der Waals surface area contributed by atoms with Gasteiger partial charge < -0.3 is 24.3 Å². The number of nitrogens with one attached hydrogen (secondary N) is 1. The zero-order chi connectivity index (χ0) is 24.5. The highest BCUT2D eigenvalue weighted by molar-refractivity contribution is 6.35. The van der Waals surface area contributed by atoms with Crippen LogP contribution in [-0.2, 0) is 9.59 Å². The lowest BCUT2D eigenvalue weighted by Crippen LogP contribution is -2.32. The minimum Gasteiger partial charge on any atom is -0.493 e. The normalized spacial score (nSPS) is 11.7. The maximum absolute atomic E-state index is 12.8. The Morgan fingerprint density at radius 3 is 2.24 bits per heavy atom. The van der Waals surface area contributed by atoms with Gasteiger partial charge in [0.15, 0.2) is 17.3 Å². The number of rotatable bonds is 11. The molecule has 2 aromatic rings. The molecule has 0 bridgehead atoms. The molecule has 9 nitrogen and oxygen atoms in total. The molecule has 33 heavy (non-hydrogen) atoms. The van der Waals surface area contributed by atoms with Gasteiger partial charge in [0.2, 0.25) is 6.04 Å². The molecule has 0 saturated heterocycles. The summed E-state index contributed by atoms with van der Waals surface area (Å²) in [5.74, 6) is 0.0866. The number of benzene rings is 2. The highest BCUT2D eigenvalue weighted by Crippen LogP contribution is 2.40. The van der Waals surface area contributed by atoms with Crippen LogP contribution in [0.15, 0.2) is 34.5 Å². The Balaban J connectivity index is 2.36. The average Bonchev–Trinajstić information content (AvgIpc) is 2.77. The van der Waals surface area contributed by atoms with Gasteiger partial charge in [-0.15, -0.1) is 0 Å². The Labute approximate surface area is 202 Å². The maximum atomic E-state index is 12.8. The van der Waals surface area contributed by atoms with Crippen molar-refractivity contribution < 1.29 is 28.5 Å². The van der Waals surface area contributed by atoms with E-state index in [9.17, 15) is 9.59 Å². The molecule has 1 amide bonds. The third kappa shape index (κ3) is 6.49. The number of amides is 1. The summed E-state index contributed by atoms with van der Waals surface area (Å²) in [6.45, 7) is 5.57. The predicted octanol–water partition coefficient (Wildman–Crippen LogP) is 5.49. The molecule has 1 atom stereocenters. The standard InChI is InChI=1S/C22H25Cl2N3O6/c1-6-32-17-11-15(18(33-7-2)10-13(17)23)26-27-20(12(3)28)22(29)25-14-8-9-16(30-4)21(31-5)19(14)24/h8-11,20H,6-7H2,1-5H3,(H,25,29). The van der Waals surface area contributed by atoms with Crippen LogP contribution in [0.4, 0.5) is 11.4 Å². The third-order valence-electron chi connectivity index (χ3n) is 4.27. The zero-order valence-corrected chi connectivity index (χ0v) is 20.4. The first kappa shape index (κ1) is 26.2. The van der Waals surface area contributed by atoms with Crippen molar-refractivity contribution in [3.63, 3.8) is 0 Å². The van der Waals surface area contributed by atoms with Crippen LogP contribution in [0.2, 0.25) is 10.0 Å². The van der Waals surface area contributed by atoms with Crippen molar-refractivity contribution in [2.75, 3.05) is 32.8 Å². The van der Waals surface area contributed by atoms with E-state index in [2.05, 4.69) is 15.5 Å². The van der Waals surface area contributed by atoms with Gasteiger partial charge in [-0.3, -0.25) is 9.59 Å². The second kappa shape index (κ2) is 12.3. The van der Waals surface area contributed by atoms with Crippen LogP contribution in [-0.4, -0.2) is 45.2 Å². The van der Waals surface area contributed by atoms with Crippen LogP contribution in [0.25, 0.3) is 0 Å². The van der Waals surface area contributed by atoms with E-state index in [0.717, 1.165) is 0 Å². The van der Waals surface area contributed by atoms with E-state index in [1.54, 1.807) is 13.0 Å². The fraction of sp³-hybridized carbons (Fsp3) is 0.364. The fourth-order valence-electron chi connectivity index (χ4n) is 2.76. The van der Waals surface area contributed by atoms with E-state index in [4.69, 9.17) is 42.1 Å². The van der Waals surface area contributed by atoms with E-state index in [0.29, 0.717) is 35.5 Å². The van der Waals surface area contributed by atoms with Crippen LogP contribution < -0.4 is 24.3 Å². The molecule has 0 saturated carbocycles.